The summed E-state index contributed by atoms with van der Waals surface area (Å²) >= 11 is 5.80. The van der Waals surface area contributed by atoms with Gasteiger partial charge in [-0.15, -0.1) is 11.6 Å². The molecule has 1 fully saturated rings. The molecule has 96 valence electrons. The normalized spacial score (nSPS) is 23.9. The molecule has 6 heteroatoms. The largest absolute Gasteiger partial charge is 0.281 e. The van der Waals surface area contributed by atoms with Gasteiger partial charge >= 0.3 is 0 Å². The molecule has 1 atom stereocenters. The Morgan fingerprint density at radius 2 is 2.19 bits per heavy atom. The molecule has 0 amide bonds. The fourth-order valence-corrected chi connectivity index (χ4v) is 3.81. The van der Waals surface area contributed by atoms with E-state index in [4.69, 9.17) is 11.6 Å². The Labute approximate surface area is 104 Å². The van der Waals surface area contributed by atoms with Crippen LogP contribution in [0.4, 0.5) is 0 Å². The molecule has 1 aliphatic rings. The predicted molar refractivity (Wildman–Crippen MR) is 66.9 cm³/mol. The molecule has 0 aliphatic carbocycles. The van der Waals surface area contributed by atoms with Crippen LogP contribution in [0, 0.1) is 5.92 Å². The van der Waals surface area contributed by atoms with Crippen molar-refractivity contribution in [2.45, 2.75) is 26.2 Å². The molecule has 0 spiro atoms. The van der Waals surface area contributed by atoms with Crippen LogP contribution in [0.5, 0.6) is 0 Å². The standard InChI is InChI=1S/C10H21ClN2O2S/c1-3-6-12(2)16(14,15)13-7-4-5-10(8-11)9-13/h10H,3-9H2,1-2H3. The molecule has 0 aromatic heterocycles. The van der Waals surface area contributed by atoms with Gasteiger partial charge in [-0.05, 0) is 25.2 Å². The van der Waals surface area contributed by atoms with Crippen molar-refractivity contribution in [3.05, 3.63) is 0 Å². The maximum absolute atomic E-state index is 12.1. The lowest BCUT2D eigenvalue weighted by molar-refractivity contribution is 0.266. The first-order valence-corrected chi connectivity index (χ1v) is 7.72. The van der Waals surface area contributed by atoms with Crippen LogP contribution in [0.15, 0.2) is 0 Å². The molecule has 0 aromatic rings. The van der Waals surface area contributed by atoms with Crippen molar-refractivity contribution in [2.24, 2.45) is 5.92 Å². The van der Waals surface area contributed by atoms with Crippen molar-refractivity contribution < 1.29 is 8.42 Å². The molecule has 1 aliphatic heterocycles. The third-order valence-electron chi connectivity index (χ3n) is 2.96. The van der Waals surface area contributed by atoms with Gasteiger partial charge in [0.05, 0.1) is 0 Å². The van der Waals surface area contributed by atoms with Gasteiger partial charge in [-0.25, -0.2) is 0 Å². The van der Waals surface area contributed by atoms with Gasteiger partial charge in [0, 0.05) is 32.6 Å². The average molecular weight is 269 g/mol. The number of rotatable bonds is 5. The van der Waals surface area contributed by atoms with Gasteiger partial charge in [0.25, 0.3) is 10.2 Å². The van der Waals surface area contributed by atoms with Crippen LogP contribution in [0.3, 0.4) is 0 Å². The first-order valence-electron chi connectivity index (χ1n) is 5.79. The van der Waals surface area contributed by atoms with Crippen LogP contribution in [0.1, 0.15) is 26.2 Å². The Hall–Kier alpha value is 0.160. The van der Waals surface area contributed by atoms with E-state index in [1.807, 2.05) is 6.92 Å². The zero-order valence-electron chi connectivity index (χ0n) is 10.0. The van der Waals surface area contributed by atoms with E-state index < -0.39 is 10.2 Å². The lowest BCUT2D eigenvalue weighted by Crippen LogP contribution is -2.47. The van der Waals surface area contributed by atoms with Crippen LogP contribution in [-0.4, -0.2) is 49.6 Å². The van der Waals surface area contributed by atoms with E-state index in [-0.39, 0.29) is 0 Å². The first kappa shape index (κ1) is 14.2. The molecule has 1 unspecified atom stereocenters. The molecule has 0 aromatic carbocycles. The minimum Gasteiger partial charge on any atom is -0.195 e. The van der Waals surface area contributed by atoms with E-state index in [1.54, 1.807) is 11.4 Å². The van der Waals surface area contributed by atoms with E-state index in [0.717, 1.165) is 19.3 Å². The predicted octanol–water partition coefficient (Wildman–Crippen LogP) is 1.52. The van der Waals surface area contributed by atoms with Crippen LogP contribution >= 0.6 is 11.6 Å². The number of halogens is 1. The second-order valence-electron chi connectivity index (χ2n) is 4.35. The smallest absolute Gasteiger partial charge is 0.195 e. The Morgan fingerprint density at radius 1 is 1.50 bits per heavy atom. The highest BCUT2D eigenvalue weighted by atomic mass is 35.5. The molecule has 0 bridgehead atoms. The highest BCUT2D eigenvalue weighted by Crippen LogP contribution is 2.21. The minimum absolute atomic E-state index is 0.306. The van der Waals surface area contributed by atoms with Gasteiger partial charge in [0.1, 0.15) is 0 Å². The second kappa shape index (κ2) is 6.19. The fraction of sp³-hybridized carbons (Fsp3) is 1.00. The molecule has 16 heavy (non-hydrogen) atoms. The summed E-state index contributed by atoms with van der Waals surface area (Å²) in [6.07, 6.45) is 2.78. The molecular weight excluding hydrogens is 248 g/mol. The third-order valence-corrected chi connectivity index (χ3v) is 5.35. The van der Waals surface area contributed by atoms with E-state index in [0.29, 0.717) is 31.4 Å². The number of nitrogens with zero attached hydrogens (tertiary/aromatic N) is 2. The van der Waals surface area contributed by atoms with Gasteiger partial charge in [-0.2, -0.15) is 17.0 Å². The molecule has 1 heterocycles. The zero-order chi connectivity index (χ0) is 12.2. The number of hydrogen-bond donors (Lipinski definition) is 0. The second-order valence-corrected chi connectivity index (χ2v) is 6.69. The number of hydrogen-bond acceptors (Lipinski definition) is 2. The summed E-state index contributed by atoms with van der Waals surface area (Å²) in [4.78, 5) is 0. The molecule has 0 N–H and O–H groups in total. The van der Waals surface area contributed by atoms with Gasteiger partial charge in [0.15, 0.2) is 0 Å². The summed E-state index contributed by atoms with van der Waals surface area (Å²) < 4.78 is 27.3. The van der Waals surface area contributed by atoms with E-state index >= 15 is 0 Å². The lowest BCUT2D eigenvalue weighted by atomic mass is 10.0. The van der Waals surface area contributed by atoms with E-state index in [9.17, 15) is 8.42 Å². The van der Waals surface area contributed by atoms with Crippen molar-refractivity contribution in [3.8, 4) is 0 Å². The van der Waals surface area contributed by atoms with Gasteiger partial charge < -0.3 is 0 Å². The van der Waals surface area contributed by atoms with Crippen LogP contribution in [-0.2, 0) is 10.2 Å². The monoisotopic (exact) mass is 268 g/mol. The number of piperidine rings is 1. The first-order chi connectivity index (χ1) is 7.52. The quantitative estimate of drug-likeness (QED) is 0.710. The summed E-state index contributed by atoms with van der Waals surface area (Å²) in [5.74, 6) is 0.851. The lowest BCUT2D eigenvalue weighted by Gasteiger charge is -2.33. The van der Waals surface area contributed by atoms with Crippen LogP contribution in [0.25, 0.3) is 0 Å². The van der Waals surface area contributed by atoms with Gasteiger partial charge in [-0.1, -0.05) is 6.92 Å². The Balaban J connectivity index is 2.67. The Bertz CT molecular complexity index is 308. The summed E-state index contributed by atoms with van der Waals surface area (Å²) in [6, 6.07) is 0. The van der Waals surface area contributed by atoms with Gasteiger partial charge in [-0.3, -0.25) is 0 Å². The van der Waals surface area contributed by atoms with Crippen LogP contribution in [0.2, 0.25) is 0 Å². The average Bonchev–Trinajstić information content (AvgIpc) is 2.29. The maximum Gasteiger partial charge on any atom is 0.281 e. The molecular formula is C10H21ClN2O2S. The van der Waals surface area contributed by atoms with Crippen molar-refractivity contribution in [1.82, 2.24) is 8.61 Å². The molecule has 1 saturated heterocycles. The van der Waals surface area contributed by atoms with E-state index in [2.05, 4.69) is 0 Å². The van der Waals surface area contributed by atoms with Crippen molar-refractivity contribution in [2.75, 3.05) is 32.6 Å². The van der Waals surface area contributed by atoms with E-state index in [1.165, 1.54) is 4.31 Å². The topological polar surface area (TPSA) is 40.6 Å². The van der Waals surface area contributed by atoms with Crippen molar-refractivity contribution in [1.29, 1.82) is 0 Å². The van der Waals surface area contributed by atoms with Gasteiger partial charge in [0.2, 0.25) is 0 Å². The summed E-state index contributed by atoms with van der Waals surface area (Å²) in [5.41, 5.74) is 0. The van der Waals surface area contributed by atoms with Crippen molar-refractivity contribution >= 4 is 21.8 Å². The maximum atomic E-state index is 12.1. The molecule has 0 saturated carbocycles. The highest BCUT2D eigenvalue weighted by Gasteiger charge is 2.30. The Kier molecular flexibility index (Phi) is 5.50. The SMILES string of the molecule is CCCN(C)S(=O)(=O)N1CCCC(CCl)C1. The van der Waals surface area contributed by atoms with Crippen molar-refractivity contribution in [3.63, 3.8) is 0 Å². The van der Waals surface area contributed by atoms with Crippen LogP contribution < -0.4 is 0 Å². The molecule has 1 rings (SSSR count). The highest BCUT2D eigenvalue weighted by molar-refractivity contribution is 7.86. The summed E-state index contributed by atoms with van der Waals surface area (Å²) in [6.45, 7) is 3.75. The zero-order valence-corrected chi connectivity index (χ0v) is 11.6. The minimum atomic E-state index is -3.26. The summed E-state index contributed by atoms with van der Waals surface area (Å²) in [5, 5.41) is 0. The third kappa shape index (κ3) is 3.32. The summed E-state index contributed by atoms with van der Waals surface area (Å²) in [7, 11) is -1.62. The molecule has 4 nitrogen and oxygen atoms in total. The Morgan fingerprint density at radius 3 is 2.75 bits per heavy atom. The number of alkyl halides is 1. The molecule has 0 radical (unpaired) electrons. The fourth-order valence-electron chi connectivity index (χ4n) is 1.99.